The summed E-state index contributed by atoms with van der Waals surface area (Å²) in [5.41, 5.74) is 1.16. The van der Waals surface area contributed by atoms with Crippen molar-refractivity contribution in [2.24, 2.45) is 28.6 Å². The second-order valence-corrected chi connectivity index (χ2v) is 11.0. The minimum Gasteiger partial charge on any atom is -0.501 e. The van der Waals surface area contributed by atoms with E-state index in [1.807, 2.05) is 0 Å². The minimum absolute atomic E-state index is 0.248. The number of unbranched alkanes of at least 4 members (excludes halogenated alkanes) is 2. The van der Waals surface area contributed by atoms with Gasteiger partial charge in [0.2, 0.25) is 0 Å². The normalized spacial score (nSPS) is 34.8. The maximum absolute atomic E-state index is 11.9. The molecule has 0 spiro atoms. The largest absolute Gasteiger partial charge is 0.501 e. The fourth-order valence-corrected chi connectivity index (χ4v) is 7.28. The Labute approximate surface area is 176 Å². The molecular weight excluding hydrogens is 364 g/mol. The molecule has 29 heavy (non-hydrogen) atoms. The molecule has 0 aromatic rings. The van der Waals surface area contributed by atoms with Crippen LogP contribution in [0.1, 0.15) is 90.4 Å². The predicted molar refractivity (Wildman–Crippen MR) is 114 cm³/mol. The van der Waals surface area contributed by atoms with E-state index in [1.54, 1.807) is 6.26 Å². The van der Waals surface area contributed by atoms with Gasteiger partial charge in [0.1, 0.15) is 0 Å². The van der Waals surface area contributed by atoms with E-state index in [-0.39, 0.29) is 5.41 Å². The van der Waals surface area contributed by atoms with Crippen LogP contribution in [-0.4, -0.2) is 30.9 Å². The first-order chi connectivity index (χ1) is 14.0. The number of ether oxygens (including phenoxy) is 2. The molecule has 1 aliphatic heterocycles. The number of hydrogen-bond acceptors (Lipinski definition) is 3. The topological polar surface area (TPSA) is 55.8 Å². The van der Waals surface area contributed by atoms with Gasteiger partial charge in [-0.25, -0.2) is 4.79 Å². The van der Waals surface area contributed by atoms with Crippen LogP contribution in [0, 0.1) is 28.6 Å². The molecule has 0 amide bonds. The van der Waals surface area contributed by atoms with Crippen LogP contribution in [-0.2, 0) is 14.3 Å². The zero-order chi connectivity index (χ0) is 20.3. The number of carboxylic acids is 1. The van der Waals surface area contributed by atoms with Gasteiger partial charge in [-0.05, 0) is 93.8 Å². The number of carbonyl (C=O) groups is 1. The molecule has 4 saturated carbocycles. The molecule has 4 bridgehead atoms. The summed E-state index contributed by atoms with van der Waals surface area (Å²) in [6.45, 7) is 4.71. The average Bonchev–Trinajstić information content (AvgIpc) is 2.63. The van der Waals surface area contributed by atoms with Crippen LogP contribution in [0.5, 0.6) is 0 Å². The van der Waals surface area contributed by atoms with Crippen molar-refractivity contribution in [1.82, 2.24) is 0 Å². The summed E-state index contributed by atoms with van der Waals surface area (Å²) < 4.78 is 11.2. The Bertz CT molecular complexity index is 569. The van der Waals surface area contributed by atoms with Crippen molar-refractivity contribution in [3.05, 3.63) is 11.8 Å². The second kappa shape index (κ2) is 8.99. The third kappa shape index (κ3) is 5.00. The molecular formula is C25H40O4. The van der Waals surface area contributed by atoms with Gasteiger partial charge in [-0.15, -0.1) is 0 Å². The van der Waals surface area contributed by atoms with E-state index in [0.29, 0.717) is 24.0 Å². The molecule has 0 aromatic carbocycles. The third-order valence-electron chi connectivity index (χ3n) is 8.33. The first-order valence-electron chi connectivity index (χ1n) is 12.1. The van der Waals surface area contributed by atoms with E-state index in [9.17, 15) is 9.90 Å². The summed E-state index contributed by atoms with van der Waals surface area (Å²) >= 11 is 0. The van der Waals surface area contributed by atoms with E-state index in [4.69, 9.17) is 9.47 Å². The Morgan fingerprint density at radius 3 is 2.17 bits per heavy atom. The summed E-state index contributed by atoms with van der Waals surface area (Å²) in [4.78, 5) is 11.9. The first kappa shape index (κ1) is 21.2. The molecule has 0 radical (unpaired) electrons. The molecule has 4 nitrogen and oxygen atoms in total. The number of rotatable bonds is 12. The van der Waals surface area contributed by atoms with Gasteiger partial charge < -0.3 is 14.6 Å². The summed E-state index contributed by atoms with van der Waals surface area (Å²) in [5, 5.41) is 9.74. The molecule has 0 atom stereocenters. The van der Waals surface area contributed by atoms with Gasteiger partial charge in [0.15, 0.2) is 0 Å². The SMILES string of the molecule is CCCCC1(CCCCOC=C(CC23CC4CC(CC(C4)C2)C3)C(=O)O)COC1. The smallest absolute Gasteiger partial charge is 0.334 e. The number of carboxylic acid groups (broad SMARTS) is 1. The maximum Gasteiger partial charge on any atom is 0.334 e. The zero-order valence-electron chi connectivity index (χ0n) is 18.3. The Balaban J connectivity index is 1.22. The van der Waals surface area contributed by atoms with Crippen molar-refractivity contribution in [1.29, 1.82) is 0 Å². The van der Waals surface area contributed by atoms with Crippen LogP contribution >= 0.6 is 0 Å². The van der Waals surface area contributed by atoms with Gasteiger partial charge in [-0.2, -0.15) is 0 Å². The Morgan fingerprint density at radius 1 is 1.03 bits per heavy atom. The van der Waals surface area contributed by atoms with Crippen molar-refractivity contribution >= 4 is 5.97 Å². The molecule has 4 aliphatic carbocycles. The lowest BCUT2D eigenvalue weighted by Gasteiger charge is -2.57. The summed E-state index contributed by atoms with van der Waals surface area (Å²) in [7, 11) is 0. The highest BCUT2D eigenvalue weighted by atomic mass is 16.5. The van der Waals surface area contributed by atoms with Gasteiger partial charge in [0, 0.05) is 5.41 Å². The standard InChI is InChI=1S/C25H40O4/c1-2-3-6-24(17-29-18-24)7-4-5-8-28-16-22(23(26)27)15-25-12-19-9-20(13-25)11-21(10-19)14-25/h16,19-21H,2-15,17-18H2,1H3,(H,26,27). The lowest BCUT2D eigenvalue weighted by atomic mass is 9.48. The molecule has 164 valence electrons. The number of aliphatic carboxylic acids is 1. The molecule has 5 fully saturated rings. The highest BCUT2D eigenvalue weighted by molar-refractivity contribution is 5.86. The average molecular weight is 405 g/mol. The molecule has 1 N–H and O–H groups in total. The number of hydrogen-bond donors (Lipinski definition) is 1. The molecule has 5 rings (SSSR count). The summed E-state index contributed by atoms with van der Waals surface area (Å²) in [6, 6.07) is 0. The fraction of sp³-hybridized carbons (Fsp3) is 0.880. The second-order valence-electron chi connectivity index (χ2n) is 11.0. The van der Waals surface area contributed by atoms with Gasteiger partial charge in [-0.3, -0.25) is 0 Å². The Hall–Kier alpha value is -1.03. The van der Waals surface area contributed by atoms with E-state index in [2.05, 4.69) is 6.92 Å². The Morgan fingerprint density at radius 2 is 1.66 bits per heavy atom. The van der Waals surface area contributed by atoms with E-state index in [1.165, 1.54) is 64.2 Å². The van der Waals surface area contributed by atoms with Crippen molar-refractivity contribution in [2.45, 2.75) is 90.4 Å². The van der Waals surface area contributed by atoms with Crippen molar-refractivity contribution in [2.75, 3.05) is 19.8 Å². The Kier molecular flexibility index (Phi) is 6.58. The van der Waals surface area contributed by atoms with Crippen LogP contribution in [0.3, 0.4) is 0 Å². The van der Waals surface area contributed by atoms with Crippen molar-refractivity contribution in [3.8, 4) is 0 Å². The summed E-state index contributed by atoms with van der Waals surface area (Å²) in [5.74, 6) is 1.78. The lowest BCUT2D eigenvalue weighted by Crippen LogP contribution is -2.46. The maximum atomic E-state index is 11.9. The van der Waals surface area contributed by atoms with Crippen LogP contribution in [0.15, 0.2) is 11.8 Å². The monoisotopic (exact) mass is 404 g/mol. The van der Waals surface area contributed by atoms with Crippen LogP contribution < -0.4 is 0 Å². The fourth-order valence-electron chi connectivity index (χ4n) is 7.28. The van der Waals surface area contributed by atoms with Gasteiger partial charge in [0.05, 0.1) is 31.7 Å². The molecule has 1 saturated heterocycles. The van der Waals surface area contributed by atoms with Gasteiger partial charge in [0.25, 0.3) is 0 Å². The van der Waals surface area contributed by atoms with E-state index in [0.717, 1.165) is 43.8 Å². The molecule has 4 heteroatoms. The molecule has 1 heterocycles. The van der Waals surface area contributed by atoms with Crippen LogP contribution in [0.25, 0.3) is 0 Å². The quantitative estimate of drug-likeness (QED) is 0.248. The molecule has 5 aliphatic rings. The van der Waals surface area contributed by atoms with E-state index >= 15 is 0 Å². The third-order valence-corrected chi connectivity index (χ3v) is 8.33. The van der Waals surface area contributed by atoms with Gasteiger partial charge in [-0.1, -0.05) is 19.8 Å². The minimum atomic E-state index is -0.786. The van der Waals surface area contributed by atoms with Crippen molar-refractivity contribution < 1.29 is 19.4 Å². The molecule has 0 unspecified atom stereocenters. The predicted octanol–water partition coefficient (Wildman–Crippen LogP) is 5.96. The van der Waals surface area contributed by atoms with Gasteiger partial charge >= 0.3 is 5.97 Å². The van der Waals surface area contributed by atoms with E-state index < -0.39 is 5.97 Å². The highest BCUT2D eigenvalue weighted by Crippen LogP contribution is 2.62. The lowest BCUT2D eigenvalue weighted by molar-refractivity contribution is -0.134. The van der Waals surface area contributed by atoms with Crippen LogP contribution in [0.4, 0.5) is 0 Å². The zero-order valence-corrected chi connectivity index (χ0v) is 18.3. The van der Waals surface area contributed by atoms with Crippen LogP contribution in [0.2, 0.25) is 0 Å². The van der Waals surface area contributed by atoms with Crippen molar-refractivity contribution in [3.63, 3.8) is 0 Å². The highest BCUT2D eigenvalue weighted by Gasteiger charge is 2.51. The summed E-state index contributed by atoms with van der Waals surface area (Å²) in [6.07, 6.45) is 17.4. The molecule has 0 aromatic heterocycles. The first-order valence-corrected chi connectivity index (χ1v) is 12.1.